The molecule has 3 aromatic heterocycles. The Kier molecular flexibility index (Phi) is 4.27. The normalized spacial score (nSPS) is 13.7. The lowest BCUT2D eigenvalue weighted by atomic mass is 10.1. The molecule has 0 N–H and O–H groups in total. The van der Waals surface area contributed by atoms with E-state index in [4.69, 9.17) is 0 Å². The Balaban J connectivity index is 1.54. The number of carbonyl (C=O) groups is 1. The molecule has 128 valence electrons. The fourth-order valence-electron chi connectivity index (χ4n) is 2.96. The number of thiophene rings is 2. The molecule has 0 atom stereocenters. The van der Waals surface area contributed by atoms with E-state index in [-0.39, 0.29) is 18.0 Å². The van der Waals surface area contributed by atoms with Crippen molar-refractivity contribution in [1.29, 1.82) is 0 Å². The highest BCUT2D eigenvalue weighted by molar-refractivity contribution is 7.15. The van der Waals surface area contributed by atoms with Gasteiger partial charge in [0.05, 0.1) is 4.88 Å². The summed E-state index contributed by atoms with van der Waals surface area (Å²) in [5, 5.41) is 6.46. The molecule has 1 aliphatic rings. The van der Waals surface area contributed by atoms with Crippen molar-refractivity contribution in [2.24, 2.45) is 0 Å². The Morgan fingerprint density at radius 2 is 2.12 bits per heavy atom. The summed E-state index contributed by atoms with van der Waals surface area (Å²) >= 11 is 3.37. The molecule has 4 rings (SSSR count). The highest BCUT2D eigenvalue weighted by Crippen LogP contribution is 2.25. The predicted molar refractivity (Wildman–Crippen MR) is 100.0 cm³/mol. The first-order valence-electron chi connectivity index (χ1n) is 8.08. The van der Waals surface area contributed by atoms with E-state index in [1.807, 2.05) is 24.0 Å². The summed E-state index contributed by atoms with van der Waals surface area (Å²) in [5.74, 6) is -0.0639. The van der Waals surface area contributed by atoms with Gasteiger partial charge in [0.2, 0.25) is 5.91 Å². The lowest BCUT2D eigenvalue weighted by Crippen LogP contribution is -2.39. The minimum absolute atomic E-state index is 0.0174. The van der Waals surface area contributed by atoms with Crippen molar-refractivity contribution in [3.8, 4) is 10.6 Å². The fraction of sp³-hybridized carbons (Fsp3) is 0.278. The second-order valence-corrected chi connectivity index (χ2v) is 8.35. The zero-order valence-electron chi connectivity index (χ0n) is 13.8. The van der Waals surface area contributed by atoms with Crippen LogP contribution in [0, 0.1) is 6.92 Å². The van der Waals surface area contributed by atoms with Crippen LogP contribution in [0.4, 0.5) is 0 Å². The first-order valence-corrected chi connectivity index (χ1v) is 9.78. The van der Waals surface area contributed by atoms with Gasteiger partial charge in [-0.2, -0.15) is 5.10 Å². The quantitative estimate of drug-likeness (QED) is 0.711. The molecule has 0 aromatic carbocycles. The summed E-state index contributed by atoms with van der Waals surface area (Å²) in [6.45, 7) is 3.33. The maximum Gasteiger partial charge on any atom is 0.267 e. The van der Waals surface area contributed by atoms with Crippen molar-refractivity contribution in [3.63, 3.8) is 0 Å². The van der Waals surface area contributed by atoms with Gasteiger partial charge >= 0.3 is 0 Å². The van der Waals surface area contributed by atoms with Crippen LogP contribution in [0.2, 0.25) is 0 Å². The number of fused-ring (bicyclic) bond motifs is 1. The van der Waals surface area contributed by atoms with Crippen LogP contribution >= 0.6 is 22.7 Å². The largest absolute Gasteiger partial charge is 0.336 e. The van der Waals surface area contributed by atoms with Gasteiger partial charge in [0, 0.05) is 28.9 Å². The Labute approximate surface area is 153 Å². The Bertz CT molecular complexity index is 986. The number of nitrogens with zero attached hydrogens (tertiary/aromatic N) is 3. The molecular formula is C18H17N3O2S2. The molecule has 1 amide bonds. The van der Waals surface area contributed by atoms with E-state index in [9.17, 15) is 9.59 Å². The van der Waals surface area contributed by atoms with Gasteiger partial charge < -0.3 is 4.90 Å². The summed E-state index contributed by atoms with van der Waals surface area (Å²) in [4.78, 5) is 30.1. The summed E-state index contributed by atoms with van der Waals surface area (Å²) in [7, 11) is 0. The molecule has 0 radical (unpaired) electrons. The van der Waals surface area contributed by atoms with Crippen molar-refractivity contribution in [1.82, 2.24) is 14.7 Å². The molecule has 4 heterocycles. The van der Waals surface area contributed by atoms with Crippen LogP contribution in [-0.4, -0.2) is 27.1 Å². The Morgan fingerprint density at radius 1 is 1.24 bits per heavy atom. The molecule has 1 aliphatic heterocycles. The first kappa shape index (κ1) is 16.2. The summed E-state index contributed by atoms with van der Waals surface area (Å²) in [5.41, 5.74) is 1.69. The molecule has 3 aromatic rings. The van der Waals surface area contributed by atoms with Gasteiger partial charge in [0.25, 0.3) is 5.56 Å². The summed E-state index contributed by atoms with van der Waals surface area (Å²) < 4.78 is 1.27. The van der Waals surface area contributed by atoms with Crippen LogP contribution in [0.5, 0.6) is 0 Å². The van der Waals surface area contributed by atoms with Crippen LogP contribution in [-0.2, 0) is 24.3 Å². The van der Waals surface area contributed by atoms with Gasteiger partial charge in [-0.25, -0.2) is 4.68 Å². The van der Waals surface area contributed by atoms with Gasteiger partial charge in [0.15, 0.2) is 0 Å². The monoisotopic (exact) mass is 371 g/mol. The molecule has 7 heteroatoms. The van der Waals surface area contributed by atoms with Gasteiger partial charge in [0.1, 0.15) is 12.2 Å². The van der Waals surface area contributed by atoms with E-state index in [1.54, 1.807) is 28.7 Å². The van der Waals surface area contributed by atoms with E-state index in [2.05, 4.69) is 16.5 Å². The molecule has 25 heavy (non-hydrogen) atoms. The van der Waals surface area contributed by atoms with Gasteiger partial charge in [-0.3, -0.25) is 9.59 Å². The zero-order valence-corrected chi connectivity index (χ0v) is 15.4. The molecule has 0 fully saturated rings. The minimum atomic E-state index is -0.251. The van der Waals surface area contributed by atoms with Crippen LogP contribution in [0.1, 0.15) is 15.3 Å². The van der Waals surface area contributed by atoms with Gasteiger partial charge in [-0.1, -0.05) is 0 Å². The number of rotatable bonds is 3. The van der Waals surface area contributed by atoms with Crippen LogP contribution in [0.25, 0.3) is 10.6 Å². The Morgan fingerprint density at radius 3 is 2.92 bits per heavy atom. The average Bonchev–Trinajstić information content (AvgIpc) is 3.24. The van der Waals surface area contributed by atoms with Gasteiger partial charge in [-0.05, 0) is 48.6 Å². The zero-order chi connectivity index (χ0) is 17.4. The third-order valence-corrected chi connectivity index (χ3v) is 6.35. The maximum absolute atomic E-state index is 12.6. The number of amides is 1. The average molecular weight is 371 g/mol. The van der Waals surface area contributed by atoms with E-state index in [0.29, 0.717) is 13.1 Å². The molecule has 0 bridgehead atoms. The SMILES string of the molecule is Cc1ccc(-c2ccc(=O)n(CC(=O)N3CCc4sccc4C3)n2)s1. The van der Waals surface area contributed by atoms with Crippen LogP contribution < -0.4 is 5.56 Å². The highest BCUT2D eigenvalue weighted by atomic mass is 32.1. The number of carbonyl (C=O) groups excluding carboxylic acids is 1. The van der Waals surface area contributed by atoms with Gasteiger partial charge in [-0.15, -0.1) is 22.7 Å². The number of hydrogen-bond donors (Lipinski definition) is 0. The van der Waals surface area contributed by atoms with Crippen molar-refractivity contribution >= 4 is 28.6 Å². The number of hydrogen-bond acceptors (Lipinski definition) is 5. The third-order valence-electron chi connectivity index (χ3n) is 4.30. The molecule has 0 saturated heterocycles. The molecule has 0 saturated carbocycles. The molecule has 0 aliphatic carbocycles. The van der Waals surface area contributed by atoms with Crippen molar-refractivity contribution in [3.05, 3.63) is 61.4 Å². The molecule has 0 unspecified atom stereocenters. The standard InChI is InChI=1S/C18H17N3O2S2/c1-12-2-4-16(25-12)14-3-5-17(22)21(19-14)11-18(23)20-8-6-15-13(10-20)7-9-24-15/h2-5,7,9H,6,8,10-11H2,1H3. The van der Waals surface area contributed by atoms with E-state index >= 15 is 0 Å². The van der Waals surface area contributed by atoms with Crippen molar-refractivity contribution < 1.29 is 4.79 Å². The van der Waals surface area contributed by atoms with E-state index in [1.165, 1.54) is 26.1 Å². The predicted octanol–water partition coefficient (Wildman–Crippen LogP) is 2.93. The second-order valence-electron chi connectivity index (χ2n) is 6.06. The second kappa shape index (κ2) is 6.57. The lowest BCUT2D eigenvalue weighted by molar-refractivity contribution is -0.133. The first-order chi connectivity index (χ1) is 12.1. The van der Waals surface area contributed by atoms with Crippen molar-refractivity contribution in [2.45, 2.75) is 26.4 Å². The minimum Gasteiger partial charge on any atom is -0.336 e. The lowest BCUT2D eigenvalue weighted by Gasteiger charge is -2.27. The van der Waals surface area contributed by atoms with E-state index < -0.39 is 0 Å². The van der Waals surface area contributed by atoms with Crippen LogP contribution in [0.3, 0.4) is 0 Å². The number of aryl methyl sites for hydroxylation is 1. The summed E-state index contributed by atoms with van der Waals surface area (Å²) in [6, 6.07) is 9.28. The van der Waals surface area contributed by atoms with Crippen molar-refractivity contribution in [2.75, 3.05) is 6.54 Å². The Hall–Kier alpha value is -2.25. The fourth-order valence-corrected chi connectivity index (χ4v) is 4.68. The molecule has 0 spiro atoms. The molecular weight excluding hydrogens is 354 g/mol. The number of aromatic nitrogens is 2. The molecule has 5 nitrogen and oxygen atoms in total. The third kappa shape index (κ3) is 3.29. The maximum atomic E-state index is 12.6. The topological polar surface area (TPSA) is 55.2 Å². The smallest absolute Gasteiger partial charge is 0.267 e. The van der Waals surface area contributed by atoms with E-state index in [0.717, 1.165) is 17.0 Å². The van der Waals surface area contributed by atoms with Crippen LogP contribution in [0.15, 0.2) is 40.5 Å². The highest BCUT2D eigenvalue weighted by Gasteiger charge is 2.22. The summed E-state index contributed by atoms with van der Waals surface area (Å²) in [6.07, 6.45) is 0.885.